The number of benzene rings is 1. The molecule has 4 aromatic rings. The van der Waals surface area contributed by atoms with Crippen molar-refractivity contribution >= 4 is 44.2 Å². The molecule has 0 bridgehead atoms. The van der Waals surface area contributed by atoms with E-state index in [1.165, 1.54) is 23.3 Å². The van der Waals surface area contributed by atoms with Crippen LogP contribution in [-0.2, 0) is 16.6 Å². The Bertz CT molecular complexity index is 1470. The second-order valence-corrected chi connectivity index (χ2v) is 11.1. The molecular formula is C25H30N8O2S. The fourth-order valence-electron chi connectivity index (χ4n) is 4.39. The van der Waals surface area contributed by atoms with Crippen molar-refractivity contribution in [3.63, 3.8) is 0 Å². The van der Waals surface area contributed by atoms with Gasteiger partial charge in [-0.1, -0.05) is 6.07 Å². The third-order valence-corrected chi connectivity index (χ3v) is 7.53. The van der Waals surface area contributed by atoms with E-state index >= 15 is 0 Å². The highest BCUT2D eigenvalue weighted by molar-refractivity contribution is 7.92. The van der Waals surface area contributed by atoms with Crippen LogP contribution in [-0.4, -0.2) is 66.9 Å². The number of piperazine rings is 1. The van der Waals surface area contributed by atoms with E-state index in [2.05, 4.69) is 44.6 Å². The van der Waals surface area contributed by atoms with Crippen LogP contribution in [0.5, 0.6) is 0 Å². The topological polar surface area (TPSA) is 108 Å². The number of sulfonamides is 1. The van der Waals surface area contributed by atoms with E-state index in [9.17, 15) is 8.42 Å². The summed E-state index contributed by atoms with van der Waals surface area (Å²) in [5.41, 5.74) is 3.62. The molecular weight excluding hydrogens is 476 g/mol. The van der Waals surface area contributed by atoms with Crippen molar-refractivity contribution in [2.75, 3.05) is 47.5 Å². The summed E-state index contributed by atoms with van der Waals surface area (Å²) < 4.78 is 27.3. The molecule has 188 valence electrons. The van der Waals surface area contributed by atoms with Gasteiger partial charge in [-0.2, -0.15) is 4.98 Å². The molecule has 0 radical (unpaired) electrons. The minimum Gasteiger partial charge on any atom is -0.369 e. The minimum atomic E-state index is -3.43. The van der Waals surface area contributed by atoms with E-state index in [0.717, 1.165) is 41.9 Å². The van der Waals surface area contributed by atoms with Crippen LogP contribution in [0.25, 0.3) is 11.0 Å². The number of hydrogen-bond acceptors (Lipinski definition) is 8. The van der Waals surface area contributed by atoms with Gasteiger partial charge in [-0.25, -0.2) is 18.4 Å². The Kier molecular flexibility index (Phi) is 6.50. The summed E-state index contributed by atoms with van der Waals surface area (Å²) in [5, 5.41) is 7.66. The summed E-state index contributed by atoms with van der Waals surface area (Å²) in [6.45, 7) is 5.58. The van der Waals surface area contributed by atoms with Crippen molar-refractivity contribution in [3.05, 3.63) is 66.6 Å². The summed E-state index contributed by atoms with van der Waals surface area (Å²) in [4.78, 5) is 15.9. The van der Waals surface area contributed by atoms with Gasteiger partial charge in [0.05, 0.1) is 12.8 Å². The largest absolute Gasteiger partial charge is 0.369 e. The zero-order valence-electron chi connectivity index (χ0n) is 20.6. The van der Waals surface area contributed by atoms with Gasteiger partial charge in [0, 0.05) is 73.6 Å². The summed E-state index contributed by atoms with van der Waals surface area (Å²) in [6.07, 6.45) is 6.46. The maximum Gasteiger partial charge on any atom is 0.233 e. The van der Waals surface area contributed by atoms with Gasteiger partial charge in [0.15, 0.2) is 0 Å². The third kappa shape index (κ3) is 5.12. The fraction of sp³-hybridized carbons (Fsp3) is 0.320. The van der Waals surface area contributed by atoms with E-state index in [-0.39, 0.29) is 0 Å². The molecule has 1 aliphatic heterocycles. The molecule has 0 spiro atoms. The molecule has 3 aromatic heterocycles. The standard InChI is InChI=1S/C25H30N8O2S/c1-18-16-32(14-12-26-18)22-8-6-21(7-9-22)29-25-28-15-19-10-13-33(24(19)30-25)17-20-5-4-11-27-23(20)31(2)36(3,34)35/h4-11,13,15,18,26H,12,14,16-17H2,1-3H3,(H,28,29,30)/t18-/m0/s1. The molecule has 36 heavy (non-hydrogen) atoms. The van der Waals surface area contributed by atoms with Gasteiger partial charge in [0.2, 0.25) is 16.0 Å². The van der Waals surface area contributed by atoms with E-state index in [1.54, 1.807) is 18.5 Å². The van der Waals surface area contributed by atoms with Gasteiger partial charge in [-0.15, -0.1) is 0 Å². The van der Waals surface area contributed by atoms with Gasteiger partial charge in [-0.3, -0.25) is 4.31 Å². The highest BCUT2D eigenvalue weighted by atomic mass is 32.2. The Morgan fingerprint density at radius 2 is 1.97 bits per heavy atom. The molecule has 1 fully saturated rings. The average molecular weight is 507 g/mol. The Morgan fingerprint density at radius 3 is 2.72 bits per heavy atom. The first kappa shape index (κ1) is 24.0. The predicted octanol–water partition coefficient (Wildman–Crippen LogP) is 2.81. The van der Waals surface area contributed by atoms with Crippen molar-refractivity contribution in [1.29, 1.82) is 0 Å². The Labute approximate surface area is 211 Å². The van der Waals surface area contributed by atoms with E-state index in [1.807, 2.05) is 35.0 Å². The Hall–Kier alpha value is -3.70. The maximum atomic E-state index is 12.1. The molecule has 1 aromatic carbocycles. The highest BCUT2D eigenvalue weighted by Gasteiger charge is 2.18. The average Bonchev–Trinajstić information content (AvgIpc) is 3.26. The molecule has 0 aliphatic carbocycles. The van der Waals surface area contributed by atoms with Crippen LogP contribution in [0.1, 0.15) is 12.5 Å². The molecule has 0 unspecified atom stereocenters. The molecule has 10 nitrogen and oxygen atoms in total. The lowest BCUT2D eigenvalue weighted by Gasteiger charge is -2.33. The van der Waals surface area contributed by atoms with E-state index in [4.69, 9.17) is 4.98 Å². The summed E-state index contributed by atoms with van der Waals surface area (Å²) in [7, 11) is -1.93. The van der Waals surface area contributed by atoms with Crippen molar-refractivity contribution in [3.8, 4) is 0 Å². The zero-order valence-corrected chi connectivity index (χ0v) is 21.4. The van der Waals surface area contributed by atoms with Crippen LogP contribution in [0.15, 0.2) is 61.1 Å². The maximum absolute atomic E-state index is 12.1. The summed E-state index contributed by atoms with van der Waals surface area (Å²) in [6, 6.07) is 14.4. The number of anilines is 4. The molecule has 5 rings (SSSR count). The lowest BCUT2D eigenvalue weighted by atomic mass is 10.2. The smallest absolute Gasteiger partial charge is 0.233 e. The van der Waals surface area contributed by atoms with Crippen molar-refractivity contribution in [1.82, 2.24) is 24.8 Å². The van der Waals surface area contributed by atoms with E-state index in [0.29, 0.717) is 24.4 Å². The minimum absolute atomic E-state index is 0.397. The van der Waals surface area contributed by atoms with Crippen molar-refractivity contribution in [2.24, 2.45) is 0 Å². The Balaban J connectivity index is 1.36. The van der Waals surface area contributed by atoms with Crippen LogP contribution in [0.4, 0.5) is 23.1 Å². The second kappa shape index (κ2) is 9.75. The molecule has 2 N–H and O–H groups in total. The van der Waals surface area contributed by atoms with Crippen LogP contribution in [0.2, 0.25) is 0 Å². The van der Waals surface area contributed by atoms with Gasteiger partial charge in [0.1, 0.15) is 11.5 Å². The number of fused-ring (bicyclic) bond motifs is 1. The number of nitrogens with zero attached hydrogens (tertiary/aromatic N) is 6. The predicted molar refractivity (Wildman–Crippen MR) is 144 cm³/mol. The van der Waals surface area contributed by atoms with Gasteiger partial charge in [-0.05, 0) is 43.3 Å². The number of aromatic nitrogens is 4. The van der Waals surface area contributed by atoms with Gasteiger partial charge in [0.25, 0.3) is 0 Å². The first-order valence-corrected chi connectivity index (χ1v) is 13.7. The zero-order chi connectivity index (χ0) is 25.3. The number of rotatable bonds is 7. The molecule has 11 heteroatoms. The van der Waals surface area contributed by atoms with Crippen molar-refractivity contribution in [2.45, 2.75) is 19.5 Å². The molecule has 1 aliphatic rings. The molecule has 1 saturated heterocycles. The lowest BCUT2D eigenvalue weighted by Crippen LogP contribution is -2.49. The Morgan fingerprint density at radius 1 is 1.17 bits per heavy atom. The monoisotopic (exact) mass is 506 g/mol. The molecule has 4 heterocycles. The molecule has 0 saturated carbocycles. The van der Waals surface area contributed by atoms with Gasteiger partial charge < -0.3 is 20.1 Å². The normalized spacial score (nSPS) is 16.3. The van der Waals surface area contributed by atoms with E-state index < -0.39 is 10.0 Å². The SMILES string of the molecule is C[C@H]1CN(c2ccc(Nc3ncc4ccn(Cc5cccnc5N(C)S(C)(=O)=O)c4n3)cc2)CCN1. The van der Waals surface area contributed by atoms with Crippen LogP contribution in [0.3, 0.4) is 0 Å². The number of pyridine rings is 1. The van der Waals surface area contributed by atoms with Gasteiger partial charge >= 0.3 is 0 Å². The van der Waals surface area contributed by atoms with Crippen molar-refractivity contribution < 1.29 is 8.42 Å². The fourth-order valence-corrected chi connectivity index (χ4v) is 4.87. The van der Waals surface area contributed by atoms with Crippen LogP contribution >= 0.6 is 0 Å². The summed E-state index contributed by atoms with van der Waals surface area (Å²) in [5.74, 6) is 0.888. The summed E-state index contributed by atoms with van der Waals surface area (Å²) >= 11 is 0. The lowest BCUT2D eigenvalue weighted by molar-refractivity contribution is 0.485. The first-order valence-electron chi connectivity index (χ1n) is 11.8. The number of nitrogens with one attached hydrogen (secondary N) is 2. The molecule has 1 atom stereocenters. The quantitative estimate of drug-likeness (QED) is 0.394. The van der Waals surface area contributed by atoms with Crippen LogP contribution in [0, 0.1) is 0 Å². The second-order valence-electron chi connectivity index (χ2n) is 9.11. The van der Waals surface area contributed by atoms with Crippen LogP contribution < -0.4 is 19.8 Å². The number of hydrogen-bond donors (Lipinski definition) is 2. The molecule has 0 amide bonds. The highest BCUT2D eigenvalue weighted by Crippen LogP contribution is 2.24. The first-order chi connectivity index (χ1) is 17.3. The third-order valence-electron chi connectivity index (χ3n) is 6.36.